The van der Waals surface area contributed by atoms with Gasteiger partial charge >= 0.3 is 0 Å². The molecule has 0 aliphatic heterocycles. The molecule has 2 aromatic rings. The maximum atomic E-state index is 13.8. The molecular weight excluding hydrogens is 211 g/mol. The van der Waals surface area contributed by atoms with E-state index in [1.165, 1.54) is 11.1 Å². The third-order valence-electron chi connectivity index (χ3n) is 3.79. The van der Waals surface area contributed by atoms with E-state index in [9.17, 15) is 4.39 Å². The molecule has 0 aromatic heterocycles. The zero-order chi connectivity index (χ0) is 11.4. The predicted molar refractivity (Wildman–Crippen MR) is 68.5 cm³/mol. The van der Waals surface area contributed by atoms with Gasteiger partial charge in [-0.2, -0.15) is 0 Å². The summed E-state index contributed by atoms with van der Waals surface area (Å²) >= 11 is 0. The third-order valence-corrected chi connectivity index (χ3v) is 3.79. The van der Waals surface area contributed by atoms with Gasteiger partial charge in [-0.05, 0) is 34.4 Å². The van der Waals surface area contributed by atoms with Crippen LogP contribution in [-0.2, 0) is 6.42 Å². The van der Waals surface area contributed by atoms with Crippen LogP contribution in [0.2, 0.25) is 0 Å². The molecule has 4 rings (SSSR count). The minimum absolute atomic E-state index is 0.116. The van der Waals surface area contributed by atoms with Crippen LogP contribution in [-0.4, -0.2) is 0 Å². The van der Waals surface area contributed by atoms with Gasteiger partial charge in [-0.15, -0.1) is 0 Å². The lowest BCUT2D eigenvalue weighted by Crippen LogP contribution is -2.08. The molecule has 1 heteroatoms. The smallest absolute Gasteiger partial charge is 0.131 e. The molecule has 0 nitrogen and oxygen atoms in total. The van der Waals surface area contributed by atoms with E-state index < -0.39 is 0 Å². The van der Waals surface area contributed by atoms with Crippen LogP contribution in [0.25, 0.3) is 16.8 Å². The van der Waals surface area contributed by atoms with Crippen molar-refractivity contribution < 1.29 is 4.39 Å². The molecule has 0 fully saturated rings. The zero-order valence-electron chi connectivity index (χ0n) is 9.28. The van der Waals surface area contributed by atoms with Gasteiger partial charge in [0.1, 0.15) is 5.82 Å². The quantitative estimate of drug-likeness (QED) is 0.586. The van der Waals surface area contributed by atoms with E-state index in [2.05, 4.69) is 30.4 Å². The summed E-state index contributed by atoms with van der Waals surface area (Å²) in [6.07, 6.45) is 9.40. The second kappa shape index (κ2) is 3.07. The van der Waals surface area contributed by atoms with Crippen molar-refractivity contribution in [1.29, 1.82) is 0 Å². The molecule has 0 saturated carbocycles. The first-order valence-electron chi connectivity index (χ1n) is 5.93. The largest absolute Gasteiger partial charge is 0.206 e. The van der Waals surface area contributed by atoms with Crippen molar-refractivity contribution in [3.63, 3.8) is 0 Å². The highest BCUT2D eigenvalue weighted by Gasteiger charge is 2.22. The fourth-order valence-electron chi connectivity index (χ4n) is 3.01. The average Bonchev–Trinajstić information content (AvgIpc) is 2.38. The van der Waals surface area contributed by atoms with Crippen LogP contribution in [0.3, 0.4) is 0 Å². The summed E-state index contributed by atoms with van der Waals surface area (Å²) in [6.45, 7) is 0. The van der Waals surface area contributed by atoms with Crippen LogP contribution in [0, 0.1) is 5.82 Å². The van der Waals surface area contributed by atoms with Crippen molar-refractivity contribution in [3.8, 4) is 0 Å². The molecule has 0 radical (unpaired) electrons. The van der Waals surface area contributed by atoms with Crippen molar-refractivity contribution in [2.45, 2.75) is 12.3 Å². The molecule has 0 spiro atoms. The van der Waals surface area contributed by atoms with Gasteiger partial charge in [-0.3, -0.25) is 0 Å². The summed E-state index contributed by atoms with van der Waals surface area (Å²) in [5.41, 5.74) is 3.40. The second-order valence-corrected chi connectivity index (χ2v) is 4.71. The molecule has 17 heavy (non-hydrogen) atoms. The Morgan fingerprint density at radius 2 is 1.94 bits per heavy atom. The number of allylic oxidation sites excluding steroid dienone is 3. The molecule has 0 saturated heterocycles. The molecule has 0 N–H and O–H groups in total. The molecule has 2 aliphatic carbocycles. The third kappa shape index (κ3) is 1.11. The van der Waals surface area contributed by atoms with E-state index in [4.69, 9.17) is 0 Å². The number of rotatable bonds is 0. The van der Waals surface area contributed by atoms with Gasteiger partial charge in [0.15, 0.2) is 0 Å². The first kappa shape index (κ1) is 9.17. The topological polar surface area (TPSA) is 0 Å². The van der Waals surface area contributed by atoms with Gasteiger partial charge in [-0.1, -0.05) is 42.5 Å². The minimum Gasteiger partial charge on any atom is -0.206 e. The molecule has 1 atom stereocenters. The Labute approximate surface area is 99.1 Å². The summed E-state index contributed by atoms with van der Waals surface area (Å²) in [7, 11) is 0. The summed E-state index contributed by atoms with van der Waals surface area (Å²) < 4.78 is 13.8. The molecule has 0 heterocycles. The Kier molecular flexibility index (Phi) is 1.66. The second-order valence-electron chi connectivity index (χ2n) is 4.71. The van der Waals surface area contributed by atoms with E-state index >= 15 is 0 Å². The molecule has 1 unspecified atom stereocenters. The Morgan fingerprint density at radius 1 is 1.06 bits per heavy atom. The van der Waals surface area contributed by atoms with Crippen LogP contribution >= 0.6 is 0 Å². The Morgan fingerprint density at radius 3 is 2.88 bits per heavy atom. The van der Waals surface area contributed by atoms with Crippen LogP contribution < -0.4 is 0 Å². The maximum absolute atomic E-state index is 13.8. The highest BCUT2D eigenvalue weighted by Crippen LogP contribution is 2.40. The number of hydrogen-bond acceptors (Lipinski definition) is 0. The molecule has 2 aliphatic rings. The highest BCUT2D eigenvalue weighted by atomic mass is 19.1. The van der Waals surface area contributed by atoms with Crippen molar-refractivity contribution in [1.82, 2.24) is 0 Å². The fraction of sp³-hybridized carbons (Fsp3) is 0.125. The summed E-state index contributed by atoms with van der Waals surface area (Å²) in [5.74, 6) is 0.215. The van der Waals surface area contributed by atoms with Gasteiger partial charge in [0.2, 0.25) is 0 Å². The SMILES string of the molecule is Fc1ccc2ccc3c4c2c1C=CC4C=CC3. The van der Waals surface area contributed by atoms with Crippen LogP contribution in [0.4, 0.5) is 4.39 Å². The lowest BCUT2D eigenvalue weighted by atomic mass is 9.79. The standard InChI is InChI=1S/C16H11F/c17-14-9-7-12-5-4-10-2-1-3-11-6-8-13(14)16(12)15(10)11/h1,3-9,11H,2H2. The average molecular weight is 222 g/mol. The lowest BCUT2D eigenvalue weighted by Gasteiger charge is -2.25. The Hall–Kier alpha value is -1.89. The van der Waals surface area contributed by atoms with Crippen LogP contribution in [0.1, 0.15) is 22.6 Å². The summed E-state index contributed by atoms with van der Waals surface area (Å²) in [4.78, 5) is 0. The molecule has 2 aromatic carbocycles. The molecule has 0 amide bonds. The van der Waals surface area contributed by atoms with Crippen LogP contribution in [0.15, 0.2) is 42.5 Å². The first-order valence-corrected chi connectivity index (χ1v) is 5.93. The van der Waals surface area contributed by atoms with Crippen molar-refractivity contribution in [2.24, 2.45) is 0 Å². The normalized spacial score (nSPS) is 19.9. The van der Waals surface area contributed by atoms with E-state index in [0.29, 0.717) is 5.92 Å². The van der Waals surface area contributed by atoms with Crippen molar-refractivity contribution in [3.05, 3.63) is 65.0 Å². The predicted octanol–water partition coefficient (Wildman–Crippen LogP) is 4.20. The van der Waals surface area contributed by atoms with E-state index in [-0.39, 0.29) is 5.82 Å². The molecular formula is C16H11F. The maximum Gasteiger partial charge on any atom is 0.131 e. The van der Waals surface area contributed by atoms with Gasteiger partial charge in [0, 0.05) is 11.5 Å². The molecule has 82 valence electrons. The van der Waals surface area contributed by atoms with E-state index in [1.807, 2.05) is 12.1 Å². The molecule has 0 bridgehead atoms. The van der Waals surface area contributed by atoms with Crippen molar-refractivity contribution in [2.75, 3.05) is 0 Å². The number of halogens is 1. The van der Waals surface area contributed by atoms with Gasteiger partial charge in [-0.25, -0.2) is 4.39 Å². The Balaban J connectivity index is 2.24. The van der Waals surface area contributed by atoms with Crippen LogP contribution in [0.5, 0.6) is 0 Å². The summed E-state index contributed by atoms with van der Waals surface area (Å²) in [6, 6.07) is 7.72. The van der Waals surface area contributed by atoms with E-state index in [1.54, 1.807) is 6.07 Å². The monoisotopic (exact) mass is 222 g/mol. The minimum atomic E-state index is -0.116. The number of benzene rings is 2. The fourth-order valence-corrected chi connectivity index (χ4v) is 3.01. The highest BCUT2D eigenvalue weighted by molar-refractivity contribution is 5.97. The zero-order valence-corrected chi connectivity index (χ0v) is 9.28. The van der Waals surface area contributed by atoms with Crippen molar-refractivity contribution >= 4 is 16.8 Å². The lowest BCUT2D eigenvalue weighted by molar-refractivity contribution is 0.626. The first-order chi connectivity index (χ1) is 8.34. The van der Waals surface area contributed by atoms with Gasteiger partial charge in [0.05, 0.1) is 0 Å². The number of hydrogen-bond donors (Lipinski definition) is 0. The summed E-state index contributed by atoms with van der Waals surface area (Å²) in [5, 5.41) is 2.25. The van der Waals surface area contributed by atoms with E-state index in [0.717, 1.165) is 22.8 Å². The van der Waals surface area contributed by atoms with Gasteiger partial charge < -0.3 is 0 Å². The van der Waals surface area contributed by atoms with Gasteiger partial charge in [0.25, 0.3) is 0 Å². The Bertz CT molecular complexity index is 692.